The van der Waals surface area contributed by atoms with Crippen LogP contribution in [-0.4, -0.2) is 20.7 Å². The minimum absolute atomic E-state index is 0.243. The van der Waals surface area contributed by atoms with Crippen molar-refractivity contribution in [2.45, 2.75) is 31.5 Å². The number of carbonyl (C=O) groups excluding carboxylic acids is 1. The average Bonchev–Trinajstić information content (AvgIpc) is 2.89. The Balaban J connectivity index is 1.89. The van der Waals surface area contributed by atoms with Crippen LogP contribution in [0, 0.1) is 0 Å². The van der Waals surface area contributed by atoms with Gasteiger partial charge in [-0.2, -0.15) is 18.3 Å². The molecule has 0 saturated heterocycles. The van der Waals surface area contributed by atoms with Crippen molar-refractivity contribution in [3.8, 4) is 0 Å². The molecule has 1 atom stereocenters. The van der Waals surface area contributed by atoms with E-state index in [1.807, 2.05) is 0 Å². The van der Waals surface area contributed by atoms with Gasteiger partial charge < -0.3 is 10.3 Å². The maximum Gasteiger partial charge on any atom is 0.435 e. The van der Waals surface area contributed by atoms with E-state index in [1.54, 1.807) is 6.07 Å². The molecule has 6 nitrogen and oxygen atoms in total. The Labute approximate surface area is 134 Å². The normalized spacial score (nSPS) is 17.4. The standard InChI is InChI=1S/C15H15F3N4O2/c1-22-7-9(13(21-22)15(16,17)18)14(24)20-11-4-2-3-10-8(11)5-6-12(23)19-10/h5-7,11H,2-4H2,1H3,(H,19,23)(H,20,24)/t11-/m0/s1. The highest BCUT2D eigenvalue weighted by atomic mass is 19.4. The van der Waals surface area contributed by atoms with E-state index in [0.29, 0.717) is 18.5 Å². The van der Waals surface area contributed by atoms with Gasteiger partial charge in [-0.3, -0.25) is 14.3 Å². The number of carbonyl (C=O) groups is 1. The Hall–Kier alpha value is -2.58. The molecule has 3 rings (SSSR count). The van der Waals surface area contributed by atoms with Crippen molar-refractivity contribution in [1.82, 2.24) is 20.1 Å². The number of alkyl halides is 3. The topological polar surface area (TPSA) is 79.8 Å². The number of pyridine rings is 1. The van der Waals surface area contributed by atoms with E-state index < -0.39 is 29.4 Å². The van der Waals surface area contributed by atoms with E-state index in [9.17, 15) is 22.8 Å². The Morgan fingerprint density at radius 3 is 2.88 bits per heavy atom. The predicted octanol–water partition coefficient (Wildman–Crippen LogP) is 1.93. The summed E-state index contributed by atoms with van der Waals surface area (Å²) in [6, 6.07) is 2.50. The molecule has 2 aromatic rings. The lowest BCUT2D eigenvalue weighted by Gasteiger charge is -2.25. The van der Waals surface area contributed by atoms with Crippen molar-refractivity contribution in [3.05, 3.63) is 51.2 Å². The predicted molar refractivity (Wildman–Crippen MR) is 78.4 cm³/mol. The summed E-state index contributed by atoms with van der Waals surface area (Å²) in [5.74, 6) is -0.834. The maximum absolute atomic E-state index is 13.0. The van der Waals surface area contributed by atoms with Crippen LogP contribution in [0.5, 0.6) is 0 Å². The summed E-state index contributed by atoms with van der Waals surface area (Å²) in [7, 11) is 1.33. The molecule has 0 radical (unpaired) electrons. The van der Waals surface area contributed by atoms with E-state index in [-0.39, 0.29) is 5.56 Å². The number of amides is 1. The molecule has 24 heavy (non-hydrogen) atoms. The Morgan fingerprint density at radius 1 is 1.42 bits per heavy atom. The van der Waals surface area contributed by atoms with E-state index in [4.69, 9.17) is 0 Å². The largest absolute Gasteiger partial charge is 0.435 e. The smallest absolute Gasteiger partial charge is 0.345 e. The van der Waals surface area contributed by atoms with Gasteiger partial charge >= 0.3 is 6.18 Å². The van der Waals surface area contributed by atoms with Crippen molar-refractivity contribution in [3.63, 3.8) is 0 Å². The first kappa shape index (κ1) is 16.3. The highest BCUT2D eigenvalue weighted by Crippen LogP contribution is 2.32. The molecule has 1 aliphatic rings. The van der Waals surface area contributed by atoms with Crippen molar-refractivity contribution >= 4 is 5.91 Å². The van der Waals surface area contributed by atoms with Crippen molar-refractivity contribution < 1.29 is 18.0 Å². The van der Waals surface area contributed by atoms with Crippen LogP contribution in [-0.2, 0) is 19.6 Å². The molecule has 0 bridgehead atoms. The zero-order chi connectivity index (χ0) is 17.5. The molecule has 9 heteroatoms. The number of nitrogens with zero attached hydrogens (tertiary/aromatic N) is 2. The first-order valence-electron chi connectivity index (χ1n) is 7.39. The second-order valence-corrected chi connectivity index (χ2v) is 5.74. The lowest BCUT2D eigenvalue weighted by Crippen LogP contribution is -2.33. The quantitative estimate of drug-likeness (QED) is 0.877. The summed E-state index contributed by atoms with van der Waals surface area (Å²) in [5.41, 5.74) is -0.526. The molecule has 0 spiro atoms. The third-order valence-corrected chi connectivity index (χ3v) is 3.98. The minimum Gasteiger partial charge on any atom is -0.345 e. The van der Waals surface area contributed by atoms with Crippen LogP contribution in [0.3, 0.4) is 0 Å². The lowest BCUT2D eigenvalue weighted by molar-refractivity contribution is -0.141. The van der Waals surface area contributed by atoms with Crippen LogP contribution in [0.2, 0.25) is 0 Å². The molecular formula is C15H15F3N4O2. The summed E-state index contributed by atoms with van der Waals surface area (Å²) in [4.78, 5) is 26.4. The van der Waals surface area contributed by atoms with Gasteiger partial charge in [0.25, 0.3) is 5.91 Å². The molecule has 1 aliphatic carbocycles. The van der Waals surface area contributed by atoms with Crippen LogP contribution in [0.25, 0.3) is 0 Å². The molecular weight excluding hydrogens is 325 g/mol. The van der Waals surface area contributed by atoms with Gasteiger partial charge in [0.15, 0.2) is 5.69 Å². The van der Waals surface area contributed by atoms with Gasteiger partial charge in [0, 0.05) is 25.0 Å². The molecule has 1 amide bonds. The van der Waals surface area contributed by atoms with Crippen LogP contribution >= 0.6 is 0 Å². The molecule has 0 aliphatic heterocycles. The third-order valence-electron chi connectivity index (χ3n) is 3.98. The molecule has 128 valence electrons. The van der Waals surface area contributed by atoms with E-state index >= 15 is 0 Å². The summed E-state index contributed by atoms with van der Waals surface area (Å²) in [6.07, 6.45) is -1.68. The Kier molecular flexibility index (Phi) is 3.94. The molecule has 0 unspecified atom stereocenters. The maximum atomic E-state index is 13.0. The zero-order valence-corrected chi connectivity index (χ0v) is 12.8. The van der Waals surface area contributed by atoms with Crippen molar-refractivity contribution in [2.75, 3.05) is 0 Å². The van der Waals surface area contributed by atoms with Gasteiger partial charge in [-0.15, -0.1) is 0 Å². The SMILES string of the molecule is Cn1cc(C(=O)N[C@H]2CCCc3[nH]c(=O)ccc32)c(C(F)(F)F)n1. The Morgan fingerprint density at radius 2 is 2.17 bits per heavy atom. The molecule has 0 saturated carbocycles. The number of aromatic nitrogens is 3. The zero-order valence-electron chi connectivity index (χ0n) is 12.8. The summed E-state index contributed by atoms with van der Waals surface area (Å²) in [6.45, 7) is 0. The van der Waals surface area contributed by atoms with Crippen LogP contribution in [0.15, 0.2) is 23.1 Å². The van der Waals surface area contributed by atoms with Crippen LogP contribution in [0.4, 0.5) is 13.2 Å². The summed E-state index contributed by atoms with van der Waals surface area (Å²) in [5, 5.41) is 5.96. The molecule has 2 heterocycles. The van der Waals surface area contributed by atoms with Gasteiger partial charge in [-0.1, -0.05) is 0 Å². The van der Waals surface area contributed by atoms with E-state index in [0.717, 1.165) is 22.9 Å². The van der Waals surface area contributed by atoms with E-state index in [2.05, 4.69) is 15.4 Å². The van der Waals surface area contributed by atoms with Gasteiger partial charge in [-0.05, 0) is 30.9 Å². The molecule has 0 fully saturated rings. The van der Waals surface area contributed by atoms with Gasteiger partial charge in [0.1, 0.15) is 0 Å². The monoisotopic (exact) mass is 340 g/mol. The second-order valence-electron chi connectivity index (χ2n) is 5.74. The minimum atomic E-state index is -4.70. The number of hydrogen-bond acceptors (Lipinski definition) is 3. The van der Waals surface area contributed by atoms with Crippen LogP contribution in [0.1, 0.15) is 46.2 Å². The number of rotatable bonds is 2. The fraction of sp³-hybridized carbons (Fsp3) is 0.400. The van der Waals surface area contributed by atoms with Crippen LogP contribution < -0.4 is 10.9 Å². The second kappa shape index (κ2) is 5.81. The van der Waals surface area contributed by atoms with Crippen molar-refractivity contribution in [1.29, 1.82) is 0 Å². The molecule has 0 aromatic carbocycles. The highest BCUT2D eigenvalue weighted by molar-refractivity contribution is 5.95. The van der Waals surface area contributed by atoms with Gasteiger partial charge in [0.2, 0.25) is 5.56 Å². The van der Waals surface area contributed by atoms with Gasteiger partial charge in [-0.25, -0.2) is 0 Å². The molecule has 2 N–H and O–H groups in total. The highest BCUT2D eigenvalue weighted by Gasteiger charge is 2.39. The first-order chi connectivity index (χ1) is 11.3. The molecule has 2 aromatic heterocycles. The number of nitrogens with one attached hydrogen (secondary N) is 2. The summed E-state index contributed by atoms with van der Waals surface area (Å²) >= 11 is 0. The Bertz CT molecular complexity index is 838. The fourth-order valence-electron chi connectivity index (χ4n) is 2.95. The van der Waals surface area contributed by atoms with Gasteiger partial charge in [0.05, 0.1) is 11.6 Å². The average molecular weight is 340 g/mol. The number of halogens is 3. The fourth-order valence-corrected chi connectivity index (χ4v) is 2.95. The van der Waals surface area contributed by atoms with Crippen molar-refractivity contribution in [2.24, 2.45) is 7.05 Å². The third kappa shape index (κ3) is 3.06. The first-order valence-corrected chi connectivity index (χ1v) is 7.39. The van der Waals surface area contributed by atoms with E-state index in [1.165, 1.54) is 13.1 Å². The lowest BCUT2D eigenvalue weighted by atomic mass is 9.91. The number of hydrogen-bond donors (Lipinski definition) is 2. The number of H-pyrrole nitrogens is 1. The number of aromatic amines is 1. The number of aryl methyl sites for hydroxylation is 2. The summed E-state index contributed by atoms with van der Waals surface area (Å²) < 4.78 is 39.9. The number of fused-ring (bicyclic) bond motifs is 1.